The van der Waals surface area contributed by atoms with Crippen molar-refractivity contribution >= 4 is 11.6 Å². The minimum absolute atomic E-state index is 0.0350. The van der Waals surface area contributed by atoms with E-state index >= 15 is 0 Å². The van der Waals surface area contributed by atoms with Gasteiger partial charge in [-0.15, -0.1) is 0 Å². The number of ketones is 2. The van der Waals surface area contributed by atoms with E-state index in [0.29, 0.717) is 17.3 Å². The normalized spacial score (nSPS) is 46.8. The molecule has 5 aliphatic carbocycles. The molecule has 3 nitrogen and oxygen atoms in total. The second-order valence-corrected chi connectivity index (χ2v) is 12.1. The Kier molecular flexibility index (Phi) is 4.14. The first-order chi connectivity index (χ1) is 14.4. The van der Waals surface area contributed by atoms with Crippen LogP contribution >= 0.6 is 0 Å². The van der Waals surface area contributed by atoms with Gasteiger partial charge in [-0.05, 0) is 78.4 Å². The first-order valence-corrected chi connectivity index (χ1v) is 12.0. The smallest absolute Gasteiger partial charge is 0.220 e. The summed E-state index contributed by atoms with van der Waals surface area (Å²) < 4.78 is 0. The average molecular weight is 421 g/mol. The van der Waals surface area contributed by atoms with Crippen molar-refractivity contribution in [2.24, 2.45) is 33.5 Å². The number of hydrogen-bond donors (Lipinski definition) is 1. The molecule has 3 saturated carbocycles. The second-order valence-electron chi connectivity index (χ2n) is 12.1. The monoisotopic (exact) mass is 420 g/mol. The fraction of sp³-hybridized carbons (Fsp3) is 0.643. The molecule has 0 aliphatic heterocycles. The van der Waals surface area contributed by atoms with E-state index in [1.807, 2.05) is 6.92 Å². The Labute approximate surface area is 186 Å². The van der Waals surface area contributed by atoms with Gasteiger partial charge in [-0.1, -0.05) is 52.3 Å². The lowest BCUT2D eigenvalue weighted by Gasteiger charge is -2.69. The zero-order valence-electron chi connectivity index (χ0n) is 19.9. The van der Waals surface area contributed by atoms with Crippen LogP contribution in [0.2, 0.25) is 0 Å². The molecule has 5 aliphatic rings. The number of hydrogen-bond acceptors (Lipinski definition) is 3. The summed E-state index contributed by atoms with van der Waals surface area (Å²) in [5.41, 5.74) is 4.37. The van der Waals surface area contributed by atoms with Gasteiger partial charge in [-0.2, -0.15) is 0 Å². The summed E-state index contributed by atoms with van der Waals surface area (Å²) in [4.78, 5) is 25.2. The summed E-state index contributed by atoms with van der Waals surface area (Å²) in [6, 6.07) is 0. The molecular weight excluding hydrogens is 384 g/mol. The van der Waals surface area contributed by atoms with Gasteiger partial charge in [-0.3, -0.25) is 9.59 Å². The minimum atomic E-state index is -0.263. The van der Waals surface area contributed by atoms with Crippen molar-refractivity contribution < 1.29 is 14.7 Å². The largest absolute Gasteiger partial charge is 0.504 e. The molecule has 0 aromatic carbocycles. The lowest BCUT2D eigenvalue weighted by Crippen LogP contribution is -2.61. The molecule has 5 rings (SSSR count). The first-order valence-electron chi connectivity index (χ1n) is 12.0. The number of carbonyl (C=O) groups is 2. The third kappa shape index (κ3) is 2.41. The van der Waals surface area contributed by atoms with Gasteiger partial charge in [0.2, 0.25) is 5.78 Å². The Balaban J connectivity index is 1.65. The second kappa shape index (κ2) is 6.11. The van der Waals surface area contributed by atoms with Crippen molar-refractivity contribution in [2.45, 2.75) is 80.1 Å². The topological polar surface area (TPSA) is 54.4 Å². The Morgan fingerprint density at radius 1 is 1.00 bits per heavy atom. The van der Waals surface area contributed by atoms with Crippen LogP contribution in [-0.4, -0.2) is 16.7 Å². The highest BCUT2D eigenvalue weighted by atomic mass is 16.3. The quantitative estimate of drug-likeness (QED) is 0.492. The summed E-state index contributed by atoms with van der Waals surface area (Å²) in [5.74, 6) is 0.767. The summed E-state index contributed by atoms with van der Waals surface area (Å²) in [6.07, 6.45) is 12.2. The number of aliphatic hydroxyl groups is 1. The molecule has 0 aromatic rings. The molecule has 31 heavy (non-hydrogen) atoms. The van der Waals surface area contributed by atoms with Crippen LogP contribution in [0.15, 0.2) is 46.3 Å². The van der Waals surface area contributed by atoms with Gasteiger partial charge in [0.15, 0.2) is 5.76 Å². The minimum Gasteiger partial charge on any atom is -0.504 e. The van der Waals surface area contributed by atoms with E-state index in [1.54, 1.807) is 6.08 Å². The van der Waals surface area contributed by atoms with Gasteiger partial charge >= 0.3 is 0 Å². The van der Waals surface area contributed by atoms with Crippen LogP contribution in [0, 0.1) is 33.5 Å². The van der Waals surface area contributed by atoms with Crippen LogP contribution < -0.4 is 0 Å². The molecule has 166 valence electrons. The van der Waals surface area contributed by atoms with Crippen LogP contribution in [0.3, 0.4) is 0 Å². The summed E-state index contributed by atoms with van der Waals surface area (Å²) in [5, 5.41) is 10.2. The average Bonchev–Trinajstić information content (AvgIpc) is 2.71. The highest BCUT2D eigenvalue weighted by molar-refractivity contribution is 6.06. The Hall–Kier alpha value is -1.90. The third-order valence-electron chi connectivity index (χ3n) is 10.7. The maximum Gasteiger partial charge on any atom is 0.220 e. The summed E-state index contributed by atoms with van der Waals surface area (Å²) in [6.45, 7) is 13.6. The van der Waals surface area contributed by atoms with Crippen LogP contribution in [0.25, 0.3) is 0 Å². The van der Waals surface area contributed by atoms with Crippen molar-refractivity contribution in [1.82, 2.24) is 0 Å². The van der Waals surface area contributed by atoms with Crippen molar-refractivity contribution in [1.29, 1.82) is 0 Å². The third-order valence-corrected chi connectivity index (χ3v) is 10.7. The summed E-state index contributed by atoms with van der Waals surface area (Å²) >= 11 is 0. The van der Waals surface area contributed by atoms with E-state index in [1.165, 1.54) is 5.57 Å². The lowest BCUT2D eigenvalue weighted by atomic mass is 9.35. The number of Topliss-reactive ketones (excluding diaryl/α,β-unsaturated/α-hetero) is 1. The van der Waals surface area contributed by atoms with E-state index in [9.17, 15) is 14.7 Å². The standard InChI is InChI=1S/C28H36O3/c1-16-13-23-25(3,15-21(16)30)9-11-27(5)22-8-7-18-17(2)24(31)20(29)14-19(18)26(22,4)10-12-28(23,27)6/h7-8,14,16,23,31H,9-13,15H2,1-6H3/t16-,23+,25+,26+,27+,28-/m1/s1. The molecule has 3 fully saturated rings. The fourth-order valence-corrected chi connectivity index (χ4v) is 8.39. The van der Waals surface area contributed by atoms with Gasteiger partial charge in [0.25, 0.3) is 0 Å². The maximum absolute atomic E-state index is 12.6. The van der Waals surface area contributed by atoms with Crippen LogP contribution in [0.1, 0.15) is 80.1 Å². The molecule has 1 N–H and O–H groups in total. The molecule has 3 heteroatoms. The Morgan fingerprint density at radius 2 is 1.71 bits per heavy atom. The molecule has 0 heterocycles. The van der Waals surface area contributed by atoms with Gasteiger partial charge < -0.3 is 5.11 Å². The Bertz CT molecular complexity index is 1040. The van der Waals surface area contributed by atoms with E-state index < -0.39 is 0 Å². The van der Waals surface area contributed by atoms with E-state index in [-0.39, 0.29) is 39.1 Å². The highest BCUT2D eigenvalue weighted by Crippen LogP contribution is 2.74. The predicted octanol–water partition coefficient (Wildman–Crippen LogP) is 6.42. The van der Waals surface area contributed by atoms with Gasteiger partial charge in [0.05, 0.1) is 0 Å². The van der Waals surface area contributed by atoms with Crippen molar-refractivity contribution in [3.05, 3.63) is 46.3 Å². The lowest BCUT2D eigenvalue weighted by molar-refractivity contribution is -0.161. The SMILES string of the molecule is CC1=C(O)C(=O)C=C2C1=CC=C1[C@@]2(C)CC[C@]2(C)[C@H]3C[C@@H](C)C(=O)C[C@]3(C)CC[C@@]12C. The van der Waals surface area contributed by atoms with E-state index in [2.05, 4.69) is 46.8 Å². The number of fused-ring (bicyclic) bond motifs is 7. The molecular formula is C28H36O3. The van der Waals surface area contributed by atoms with Gasteiger partial charge in [0.1, 0.15) is 5.78 Å². The Morgan fingerprint density at radius 3 is 2.42 bits per heavy atom. The van der Waals surface area contributed by atoms with Crippen molar-refractivity contribution in [3.63, 3.8) is 0 Å². The molecule has 0 radical (unpaired) electrons. The summed E-state index contributed by atoms with van der Waals surface area (Å²) in [7, 11) is 0. The predicted molar refractivity (Wildman–Crippen MR) is 122 cm³/mol. The number of carbonyl (C=O) groups excluding carboxylic acids is 2. The zero-order chi connectivity index (χ0) is 22.6. The fourth-order valence-electron chi connectivity index (χ4n) is 8.39. The van der Waals surface area contributed by atoms with Gasteiger partial charge in [-0.25, -0.2) is 0 Å². The van der Waals surface area contributed by atoms with Crippen molar-refractivity contribution in [2.75, 3.05) is 0 Å². The zero-order valence-corrected chi connectivity index (χ0v) is 19.9. The number of allylic oxidation sites excluding steroid dienone is 7. The maximum atomic E-state index is 12.6. The van der Waals surface area contributed by atoms with Crippen LogP contribution in [0.5, 0.6) is 0 Å². The van der Waals surface area contributed by atoms with E-state index in [0.717, 1.165) is 49.7 Å². The molecule has 0 aromatic heterocycles. The van der Waals surface area contributed by atoms with Crippen molar-refractivity contribution in [3.8, 4) is 0 Å². The molecule has 0 bridgehead atoms. The molecule has 0 unspecified atom stereocenters. The van der Waals surface area contributed by atoms with Gasteiger partial charge in [0, 0.05) is 23.3 Å². The van der Waals surface area contributed by atoms with Crippen LogP contribution in [0.4, 0.5) is 0 Å². The number of rotatable bonds is 0. The highest BCUT2D eigenvalue weighted by Gasteiger charge is 2.66. The number of aliphatic hydroxyl groups excluding tert-OH is 1. The first kappa shape index (κ1) is 21.0. The van der Waals surface area contributed by atoms with Crippen LogP contribution in [-0.2, 0) is 9.59 Å². The molecule has 0 saturated heterocycles. The molecule has 0 spiro atoms. The van der Waals surface area contributed by atoms with E-state index in [4.69, 9.17) is 0 Å². The molecule has 6 atom stereocenters. The molecule has 0 amide bonds.